The van der Waals surface area contributed by atoms with Gasteiger partial charge in [0.1, 0.15) is 23.5 Å². The summed E-state index contributed by atoms with van der Waals surface area (Å²) < 4.78 is 35.5. The van der Waals surface area contributed by atoms with Crippen molar-refractivity contribution in [2.75, 3.05) is 11.8 Å². The Kier molecular flexibility index (Phi) is 5.29. The molecule has 26 heavy (non-hydrogen) atoms. The summed E-state index contributed by atoms with van der Waals surface area (Å²) >= 11 is 1.06. The summed E-state index contributed by atoms with van der Waals surface area (Å²) in [5, 5.41) is 8.76. The van der Waals surface area contributed by atoms with Gasteiger partial charge in [-0.15, -0.1) is 0 Å². The zero-order valence-electron chi connectivity index (χ0n) is 13.5. The number of aromatic nitrogens is 2. The number of methoxy groups -OCH3 is 1. The molecule has 3 rings (SSSR count). The second-order valence-electron chi connectivity index (χ2n) is 5.10. The van der Waals surface area contributed by atoms with Crippen molar-refractivity contribution >= 4 is 17.6 Å². The fourth-order valence-electron chi connectivity index (χ4n) is 2.08. The highest BCUT2D eigenvalue weighted by molar-refractivity contribution is 8.00. The van der Waals surface area contributed by atoms with Gasteiger partial charge >= 0.3 is 0 Å². The van der Waals surface area contributed by atoms with Crippen molar-refractivity contribution in [3.05, 3.63) is 66.0 Å². The molecule has 0 spiro atoms. The number of nitrogens with zero attached hydrogens (tertiary/aromatic N) is 3. The molecule has 0 saturated heterocycles. The first-order chi connectivity index (χ1) is 12.6. The van der Waals surface area contributed by atoms with Crippen molar-refractivity contribution in [1.82, 2.24) is 9.97 Å². The van der Waals surface area contributed by atoms with Gasteiger partial charge in [0.15, 0.2) is 5.82 Å². The third-order valence-corrected chi connectivity index (χ3v) is 4.29. The Labute approximate surface area is 152 Å². The van der Waals surface area contributed by atoms with Crippen LogP contribution in [0.1, 0.15) is 5.56 Å². The molecule has 0 fully saturated rings. The van der Waals surface area contributed by atoms with Gasteiger partial charge in [0.05, 0.1) is 35.6 Å². The van der Waals surface area contributed by atoms with Crippen LogP contribution in [0, 0.1) is 23.0 Å². The van der Waals surface area contributed by atoms with Crippen molar-refractivity contribution in [3.8, 4) is 23.2 Å². The summed E-state index contributed by atoms with van der Waals surface area (Å²) in [7, 11) is 1.51. The van der Waals surface area contributed by atoms with E-state index in [-0.39, 0.29) is 11.4 Å². The van der Waals surface area contributed by atoms with Gasteiger partial charge in [-0.2, -0.15) is 5.26 Å². The molecule has 0 aliphatic rings. The largest absolute Gasteiger partial charge is 0.497 e. The van der Waals surface area contributed by atoms with E-state index in [1.165, 1.54) is 43.8 Å². The van der Waals surface area contributed by atoms with Gasteiger partial charge in [-0.25, -0.2) is 18.7 Å². The van der Waals surface area contributed by atoms with Crippen LogP contribution in [-0.2, 0) is 0 Å². The van der Waals surface area contributed by atoms with E-state index in [1.54, 1.807) is 18.2 Å². The summed E-state index contributed by atoms with van der Waals surface area (Å²) in [4.78, 5) is 8.68. The van der Waals surface area contributed by atoms with E-state index < -0.39 is 5.82 Å². The first-order valence-electron chi connectivity index (χ1n) is 7.39. The van der Waals surface area contributed by atoms with Crippen molar-refractivity contribution < 1.29 is 13.5 Å². The molecule has 5 nitrogen and oxygen atoms in total. The number of nitriles is 1. The highest BCUT2D eigenvalue weighted by Gasteiger charge is 2.08. The Morgan fingerprint density at radius 3 is 2.50 bits per heavy atom. The van der Waals surface area contributed by atoms with Crippen molar-refractivity contribution in [2.24, 2.45) is 0 Å². The molecule has 1 aromatic heterocycles. The number of ether oxygens (including phenoxy) is 1. The van der Waals surface area contributed by atoms with Gasteiger partial charge in [-0.05, 0) is 48.3 Å². The fourth-order valence-corrected chi connectivity index (χ4v) is 2.75. The minimum Gasteiger partial charge on any atom is -0.497 e. The van der Waals surface area contributed by atoms with Crippen LogP contribution in [0.3, 0.4) is 0 Å². The smallest absolute Gasteiger partial charge is 0.159 e. The predicted octanol–water partition coefficient (Wildman–Crippen LogP) is 4.42. The quantitative estimate of drug-likeness (QED) is 0.671. The number of benzene rings is 2. The van der Waals surface area contributed by atoms with Crippen LogP contribution in [0.5, 0.6) is 5.75 Å². The molecular formula is C18H12F2N4OS. The molecule has 1 N–H and O–H groups in total. The molecule has 0 aliphatic heterocycles. The van der Waals surface area contributed by atoms with E-state index in [1.807, 2.05) is 0 Å². The second kappa shape index (κ2) is 7.80. The molecule has 0 amide bonds. The predicted molar refractivity (Wildman–Crippen MR) is 94.6 cm³/mol. The normalized spacial score (nSPS) is 10.2. The van der Waals surface area contributed by atoms with E-state index in [9.17, 15) is 8.78 Å². The van der Waals surface area contributed by atoms with E-state index in [0.717, 1.165) is 11.9 Å². The van der Waals surface area contributed by atoms with Gasteiger partial charge in [0.25, 0.3) is 0 Å². The molecule has 130 valence electrons. The Morgan fingerprint density at radius 2 is 1.85 bits per heavy atom. The van der Waals surface area contributed by atoms with Crippen molar-refractivity contribution in [2.45, 2.75) is 4.90 Å². The molecule has 0 aliphatic carbocycles. The molecule has 8 heteroatoms. The number of hydrogen-bond acceptors (Lipinski definition) is 6. The summed E-state index contributed by atoms with van der Waals surface area (Å²) in [6.07, 6.45) is 3.01. The topological polar surface area (TPSA) is 70.8 Å². The number of anilines is 1. The Balaban J connectivity index is 1.72. The molecule has 0 atom stereocenters. The third-order valence-electron chi connectivity index (χ3n) is 3.42. The third kappa shape index (κ3) is 3.90. The molecule has 3 aromatic rings. The highest BCUT2D eigenvalue weighted by atomic mass is 32.2. The van der Waals surface area contributed by atoms with Crippen molar-refractivity contribution in [3.63, 3.8) is 0 Å². The average molecular weight is 370 g/mol. The van der Waals surface area contributed by atoms with Crippen LogP contribution in [0.15, 0.2) is 53.7 Å². The lowest BCUT2D eigenvalue weighted by atomic mass is 10.1. The zero-order valence-corrected chi connectivity index (χ0v) is 14.3. The SMILES string of the molecule is COc1ccc(F)c(SNc2cnc(-c3ccc(C#N)c(F)c3)nc2)c1. The summed E-state index contributed by atoms with van der Waals surface area (Å²) in [5.74, 6) is -0.143. The fraction of sp³-hybridized carbons (Fsp3) is 0.0556. The molecule has 2 aromatic carbocycles. The highest BCUT2D eigenvalue weighted by Crippen LogP contribution is 2.27. The Hall–Kier alpha value is -3.18. The standard InChI is InChI=1S/C18H12F2N4OS/c1-25-14-4-5-15(19)17(7-14)26-24-13-9-22-18(23-10-13)11-2-3-12(8-21)16(20)6-11/h2-7,9-10,24H,1H3. The first kappa shape index (κ1) is 17.6. The lowest BCUT2D eigenvalue weighted by molar-refractivity contribution is 0.411. The number of hydrogen-bond donors (Lipinski definition) is 1. The summed E-state index contributed by atoms with van der Waals surface area (Å²) in [6, 6.07) is 10.3. The maximum atomic E-state index is 13.8. The van der Waals surface area contributed by atoms with Gasteiger partial charge in [-0.1, -0.05) is 0 Å². The number of rotatable bonds is 5. The van der Waals surface area contributed by atoms with E-state index >= 15 is 0 Å². The molecular weight excluding hydrogens is 358 g/mol. The van der Waals surface area contributed by atoms with Gasteiger partial charge in [0, 0.05) is 5.56 Å². The monoisotopic (exact) mass is 370 g/mol. The molecule has 0 radical (unpaired) electrons. The summed E-state index contributed by atoms with van der Waals surface area (Å²) in [5.41, 5.74) is 0.971. The summed E-state index contributed by atoms with van der Waals surface area (Å²) in [6.45, 7) is 0. The van der Waals surface area contributed by atoms with Gasteiger partial charge in [-0.3, -0.25) is 0 Å². The lowest BCUT2D eigenvalue weighted by Crippen LogP contribution is -1.95. The maximum absolute atomic E-state index is 13.8. The van der Waals surface area contributed by atoms with Crippen molar-refractivity contribution in [1.29, 1.82) is 5.26 Å². The van der Waals surface area contributed by atoms with Crippen LogP contribution in [0.2, 0.25) is 0 Å². The molecule has 0 saturated carbocycles. The van der Waals surface area contributed by atoms with E-state index in [2.05, 4.69) is 14.7 Å². The number of nitrogens with one attached hydrogen (secondary N) is 1. The number of halogens is 2. The molecule has 0 unspecified atom stereocenters. The Morgan fingerprint density at radius 1 is 1.08 bits per heavy atom. The van der Waals surface area contributed by atoms with Gasteiger partial charge < -0.3 is 9.46 Å². The van der Waals surface area contributed by atoms with E-state index in [4.69, 9.17) is 10.00 Å². The van der Waals surface area contributed by atoms with Crippen LogP contribution >= 0.6 is 11.9 Å². The van der Waals surface area contributed by atoms with E-state index in [0.29, 0.717) is 27.7 Å². The molecule has 0 bridgehead atoms. The Bertz CT molecular complexity index is 974. The maximum Gasteiger partial charge on any atom is 0.159 e. The second-order valence-corrected chi connectivity index (χ2v) is 5.95. The van der Waals surface area contributed by atoms with Crippen LogP contribution < -0.4 is 9.46 Å². The van der Waals surface area contributed by atoms with Crippen LogP contribution in [0.4, 0.5) is 14.5 Å². The van der Waals surface area contributed by atoms with Crippen LogP contribution in [0.25, 0.3) is 11.4 Å². The zero-order chi connectivity index (χ0) is 18.5. The van der Waals surface area contributed by atoms with Gasteiger partial charge in [0.2, 0.25) is 0 Å². The minimum atomic E-state index is -0.625. The van der Waals surface area contributed by atoms with Crippen LogP contribution in [-0.4, -0.2) is 17.1 Å². The molecule has 1 heterocycles. The average Bonchev–Trinajstić information content (AvgIpc) is 2.67. The minimum absolute atomic E-state index is 0.0382. The first-order valence-corrected chi connectivity index (χ1v) is 8.21. The lowest BCUT2D eigenvalue weighted by Gasteiger charge is -2.08.